The van der Waals surface area contributed by atoms with Crippen LogP contribution in [0.25, 0.3) is 0 Å². The van der Waals surface area contributed by atoms with Crippen molar-refractivity contribution in [3.63, 3.8) is 0 Å². The molecule has 0 aliphatic heterocycles. The van der Waals surface area contributed by atoms with Crippen LogP contribution in [0, 0.1) is 13.8 Å². The summed E-state index contributed by atoms with van der Waals surface area (Å²) < 4.78 is 0. The van der Waals surface area contributed by atoms with Gasteiger partial charge < -0.3 is 15.5 Å². The molecule has 2 rings (SSSR count). The molecule has 0 saturated heterocycles. The van der Waals surface area contributed by atoms with Crippen molar-refractivity contribution in [1.29, 1.82) is 0 Å². The summed E-state index contributed by atoms with van der Waals surface area (Å²) in [5.74, 6) is 0.844. The van der Waals surface area contributed by atoms with Gasteiger partial charge in [-0.15, -0.1) is 24.0 Å². The van der Waals surface area contributed by atoms with Gasteiger partial charge in [0.2, 0.25) is 0 Å². The summed E-state index contributed by atoms with van der Waals surface area (Å²) in [7, 11) is 1.81. The topological polar surface area (TPSA) is 52.5 Å². The molecule has 0 bridgehead atoms. The first-order valence-corrected chi connectivity index (χ1v) is 9.29. The number of nitrogens with zero attached hydrogens (tertiary/aromatic N) is 3. The van der Waals surface area contributed by atoms with Crippen LogP contribution in [0.5, 0.6) is 0 Å². The fraction of sp³-hybridized carbons (Fsp3) is 0.429. The van der Waals surface area contributed by atoms with Gasteiger partial charge in [-0.25, -0.2) is 0 Å². The molecule has 0 atom stereocenters. The normalized spacial score (nSPS) is 10.9. The Hall–Kier alpha value is -1.83. The van der Waals surface area contributed by atoms with Gasteiger partial charge >= 0.3 is 0 Å². The molecule has 1 aromatic carbocycles. The number of benzene rings is 1. The van der Waals surface area contributed by atoms with Crippen LogP contribution in [0.15, 0.2) is 47.7 Å². The fourth-order valence-electron chi connectivity index (χ4n) is 2.92. The summed E-state index contributed by atoms with van der Waals surface area (Å²) in [6.07, 6.45) is 4.71. The van der Waals surface area contributed by atoms with E-state index in [9.17, 15) is 0 Å². The number of likely N-dealkylation sites (N-methyl/N-ethyl adjacent to an activating group) is 1. The molecule has 0 spiro atoms. The predicted molar refractivity (Wildman–Crippen MR) is 127 cm³/mol. The first-order valence-electron chi connectivity index (χ1n) is 9.29. The predicted octanol–water partition coefficient (Wildman–Crippen LogP) is 3.55. The van der Waals surface area contributed by atoms with Crippen molar-refractivity contribution in [1.82, 2.24) is 15.6 Å². The Balaban J connectivity index is 0.00000364. The molecule has 0 aliphatic rings. The minimum Gasteiger partial charge on any atom is -0.370 e. The van der Waals surface area contributed by atoms with E-state index in [-0.39, 0.29) is 24.0 Å². The van der Waals surface area contributed by atoms with Crippen LogP contribution in [0.3, 0.4) is 0 Å². The molecule has 2 N–H and O–H groups in total. The van der Waals surface area contributed by atoms with E-state index >= 15 is 0 Å². The molecule has 5 nitrogen and oxygen atoms in total. The zero-order valence-corrected chi connectivity index (χ0v) is 19.2. The quantitative estimate of drug-likeness (QED) is 0.344. The summed E-state index contributed by atoms with van der Waals surface area (Å²) in [5, 5.41) is 6.79. The van der Waals surface area contributed by atoms with Crippen LogP contribution < -0.4 is 15.5 Å². The maximum atomic E-state index is 4.31. The zero-order chi connectivity index (χ0) is 18.8. The number of aryl methyl sites for hydroxylation is 2. The largest absolute Gasteiger partial charge is 0.370 e. The lowest BCUT2D eigenvalue weighted by Crippen LogP contribution is -2.42. The highest BCUT2D eigenvalue weighted by Gasteiger charge is 2.05. The Labute approximate surface area is 180 Å². The van der Waals surface area contributed by atoms with Gasteiger partial charge in [0, 0.05) is 51.3 Å². The number of pyridine rings is 1. The molecule has 0 fully saturated rings. The third kappa shape index (κ3) is 7.74. The summed E-state index contributed by atoms with van der Waals surface area (Å²) in [6, 6.07) is 10.7. The van der Waals surface area contributed by atoms with Gasteiger partial charge in [-0.05, 0) is 62.1 Å². The van der Waals surface area contributed by atoms with E-state index in [4.69, 9.17) is 0 Å². The Morgan fingerprint density at radius 3 is 2.59 bits per heavy atom. The van der Waals surface area contributed by atoms with Crippen molar-refractivity contribution in [3.8, 4) is 0 Å². The number of aromatic nitrogens is 1. The molecular weight excluding hydrogens is 449 g/mol. The number of hydrogen-bond donors (Lipinski definition) is 2. The Kier molecular flexibility index (Phi) is 10.8. The fourth-order valence-corrected chi connectivity index (χ4v) is 2.92. The molecule has 1 heterocycles. The molecule has 1 aromatic heterocycles. The standard InChI is InChI=1S/C21H31N5.HI/c1-5-26(20-8-6-7-17(2)15-20)14-13-25-21(22-4)24-12-10-19-9-11-23-16-18(19)3;/h6-9,11,15-16H,5,10,12-14H2,1-4H3,(H2,22,24,25);1H. The molecule has 0 radical (unpaired) electrons. The van der Waals surface area contributed by atoms with Crippen molar-refractivity contribution < 1.29 is 0 Å². The van der Waals surface area contributed by atoms with Crippen molar-refractivity contribution >= 4 is 35.6 Å². The summed E-state index contributed by atoms with van der Waals surface area (Å²) in [5.41, 5.74) is 5.11. The number of aliphatic imine (C=N–C) groups is 1. The average molecular weight is 481 g/mol. The maximum Gasteiger partial charge on any atom is 0.191 e. The summed E-state index contributed by atoms with van der Waals surface area (Å²) in [4.78, 5) is 10.8. The molecule has 0 amide bonds. The Morgan fingerprint density at radius 1 is 1.15 bits per heavy atom. The first-order chi connectivity index (χ1) is 12.6. The minimum absolute atomic E-state index is 0. The molecule has 148 valence electrons. The van der Waals surface area contributed by atoms with Gasteiger partial charge in [-0.3, -0.25) is 9.98 Å². The number of rotatable bonds is 8. The van der Waals surface area contributed by atoms with E-state index in [0.29, 0.717) is 0 Å². The van der Waals surface area contributed by atoms with E-state index in [1.54, 1.807) is 0 Å². The van der Waals surface area contributed by atoms with Gasteiger partial charge in [0.25, 0.3) is 0 Å². The second-order valence-electron chi connectivity index (χ2n) is 6.40. The number of nitrogens with one attached hydrogen (secondary N) is 2. The maximum absolute atomic E-state index is 4.31. The van der Waals surface area contributed by atoms with Crippen LogP contribution in [0.2, 0.25) is 0 Å². The van der Waals surface area contributed by atoms with E-state index in [0.717, 1.165) is 38.6 Å². The van der Waals surface area contributed by atoms with Crippen molar-refractivity contribution in [2.75, 3.05) is 38.1 Å². The number of hydrogen-bond acceptors (Lipinski definition) is 3. The molecule has 27 heavy (non-hydrogen) atoms. The third-order valence-electron chi connectivity index (χ3n) is 4.47. The highest BCUT2D eigenvalue weighted by molar-refractivity contribution is 14.0. The molecule has 6 heteroatoms. The summed E-state index contributed by atoms with van der Waals surface area (Å²) in [6.45, 7) is 10.0. The van der Waals surface area contributed by atoms with E-state index in [1.165, 1.54) is 22.4 Å². The first kappa shape index (κ1) is 23.2. The van der Waals surface area contributed by atoms with Gasteiger partial charge in [0.15, 0.2) is 5.96 Å². The van der Waals surface area contributed by atoms with Gasteiger partial charge in [0.1, 0.15) is 0 Å². The molecule has 0 unspecified atom stereocenters. The van der Waals surface area contributed by atoms with E-state index < -0.39 is 0 Å². The summed E-state index contributed by atoms with van der Waals surface area (Å²) >= 11 is 0. The number of halogens is 1. The second kappa shape index (κ2) is 12.5. The lowest BCUT2D eigenvalue weighted by molar-refractivity contribution is 0.746. The van der Waals surface area contributed by atoms with Crippen LogP contribution >= 0.6 is 24.0 Å². The lowest BCUT2D eigenvalue weighted by atomic mass is 10.1. The van der Waals surface area contributed by atoms with Crippen molar-refractivity contribution in [3.05, 3.63) is 59.4 Å². The SMILES string of the molecule is CCN(CCNC(=NC)NCCc1ccncc1C)c1cccc(C)c1.I. The van der Waals surface area contributed by atoms with Gasteiger partial charge in [0.05, 0.1) is 0 Å². The lowest BCUT2D eigenvalue weighted by Gasteiger charge is -2.24. The number of anilines is 1. The van der Waals surface area contributed by atoms with Crippen LogP contribution in [-0.2, 0) is 6.42 Å². The highest BCUT2D eigenvalue weighted by Crippen LogP contribution is 2.14. The minimum atomic E-state index is 0. The average Bonchev–Trinajstić information content (AvgIpc) is 2.65. The molecular formula is C21H32IN5. The molecule has 0 saturated carbocycles. The van der Waals surface area contributed by atoms with Crippen LogP contribution in [0.1, 0.15) is 23.6 Å². The number of guanidine groups is 1. The second-order valence-corrected chi connectivity index (χ2v) is 6.40. The van der Waals surface area contributed by atoms with Crippen LogP contribution in [0.4, 0.5) is 5.69 Å². The molecule has 0 aliphatic carbocycles. The third-order valence-corrected chi connectivity index (χ3v) is 4.47. The van der Waals surface area contributed by atoms with E-state index in [2.05, 4.69) is 76.6 Å². The van der Waals surface area contributed by atoms with Crippen molar-refractivity contribution in [2.45, 2.75) is 27.2 Å². The Morgan fingerprint density at radius 2 is 1.93 bits per heavy atom. The van der Waals surface area contributed by atoms with Gasteiger partial charge in [-0.2, -0.15) is 0 Å². The highest BCUT2D eigenvalue weighted by atomic mass is 127. The van der Waals surface area contributed by atoms with Crippen LogP contribution in [-0.4, -0.2) is 44.2 Å². The monoisotopic (exact) mass is 481 g/mol. The smallest absolute Gasteiger partial charge is 0.191 e. The van der Waals surface area contributed by atoms with Gasteiger partial charge in [-0.1, -0.05) is 12.1 Å². The van der Waals surface area contributed by atoms with E-state index in [1.807, 2.05) is 19.4 Å². The molecule has 2 aromatic rings. The zero-order valence-electron chi connectivity index (χ0n) is 16.8. The van der Waals surface area contributed by atoms with Crippen molar-refractivity contribution in [2.24, 2.45) is 4.99 Å². The Bertz CT molecular complexity index is 717.